The van der Waals surface area contributed by atoms with Crippen LogP contribution in [0.2, 0.25) is 0 Å². The summed E-state index contributed by atoms with van der Waals surface area (Å²) in [5.74, 6) is 0.240. The molecular weight excluding hydrogens is 384 g/mol. The van der Waals surface area contributed by atoms with Gasteiger partial charge >= 0.3 is 0 Å². The van der Waals surface area contributed by atoms with Gasteiger partial charge in [-0.25, -0.2) is 13.1 Å². The highest BCUT2D eigenvalue weighted by atomic mass is 32.2. The number of benzene rings is 1. The molecule has 0 aliphatic heterocycles. The van der Waals surface area contributed by atoms with Crippen LogP contribution in [0, 0.1) is 6.92 Å². The minimum Gasteiger partial charge on any atom is -0.468 e. The number of furan rings is 1. The van der Waals surface area contributed by atoms with Crippen molar-refractivity contribution in [2.45, 2.75) is 18.4 Å². The number of nitrogens with one attached hydrogen (secondary N) is 2. The predicted octanol–water partition coefficient (Wildman–Crippen LogP) is 3.78. The molecule has 8 heteroatoms. The minimum absolute atomic E-state index is 0.0702. The fraction of sp³-hybridized carbons (Fsp3) is 0.105. The lowest BCUT2D eigenvalue weighted by Crippen LogP contribution is -2.23. The number of aryl methyl sites for hydroxylation is 1. The number of sulfonamides is 1. The maximum absolute atomic E-state index is 12.3. The van der Waals surface area contributed by atoms with Crippen molar-refractivity contribution < 1.29 is 17.6 Å². The summed E-state index contributed by atoms with van der Waals surface area (Å²) < 4.78 is 32.1. The molecule has 0 radical (unpaired) electrons. The molecule has 0 spiro atoms. The summed E-state index contributed by atoms with van der Waals surface area (Å²) in [7, 11) is -3.66. The third-order valence-electron chi connectivity index (χ3n) is 3.74. The summed E-state index contributed by atoms with van der Waals surface area (Å²) in [6, 6.07) is 11.3. The molecular formula is C19H18N2O4S2. The van der Waals surface area contributed by atoms with Gasteiger partial charge in [0.2, 0.25) is 15.9 Å². The molecule has 0 saturated carbocycles. The van der Waals surface area contributed by atoms with Crippen LogP contribution in [-0.2, 0) is 21.4 Å². The highest BCUT2D eigenvalue weighted by Crippen LogP contribution is 2.18. The van der Waals surface area contributed by atoms with E-state index in [1.54, 1.807) is 41.7 Å². The van der Waals surface area contributed by atoms with E-state index < -0.39 is 10.0 Å². The van der Waals surface area contributed by atoms with Crippen LogP contribution in [0.25, 0.3) is 6.08 Å². The molecule has 0 aliphatic rings. The molecule has 0 bridgehead atoms. The van der Waals surface area contributed by atoms with Gasteiger partial charge in [-0.05, 0) is 66.4 Å². The van der Waals surface area contributed by atoms with Crippen LogP contribution in [0.3, 0.4) is 0 Å². The Morgan fingerprint density at radius 2 is 1.96 bits per heavy atom. The highest BCUT2D eigenvalue weighted by molar-refractivity contribution is 7.89. The molecule has 0 aliphatic carbocycles. The molecule has 140 valence electrons. The Balaban J connectivity index is 1.60. The van der Waals surface area contributed by atoms with Gasteiger partial charge in [-0.2, -0.15) is 0 Å². The van der Waals surface area contributed by atoms with E-state index in [-0.39, 0.29) is 17.3 Å². The van der Waals surface area contributed by atoms with E-state index in [4.69, 9.17) is 4.42 Å². The lowest BCUT2D eigenvalue weighted by atomic mass is 10.2. The van der Waals surface area contributed by atoms with Crippen LogP contribution in [0.1, 0.15) is 16.2 Å². The van der Waals surface area contributed by atoms with Crippen molar-refractivity contribution in [2.75, 3.05) is 5.32 Å². The van der Waals surface area contributed by atoms with E-state index in [0.717, 1.165) is 10.4 Å². The smallest absolute Gasteiger partial charge is 0.248 e. The van der Waals surface area contributed by atoms with Crippen LogP contribution >= 0.6 is 11.3 Å². The minimum atomic E-state index is -3.66. The first-order chi connectivity index (χ1) is 12.9. The second kappa shape index (κ2) is 8.34. The monoisotopic (exact) mass is 402 g/mol. The zero-order valence-electron chi connectivity index (χ0n) is 14.5. The van der Waals surface area contributed by atoms with Gasteiger partial charge in [0.15, 0.2) is 0 Å². The Labute approximate surface area is 161 Å². The zero-order valence-corrected chi connectivity index (χ0v) is 16.1. The fourth-order valence-electron chi connectivity index (χ4n) is 2.27. The normalized spacial score (nSPS) is 11.7. The van der Waals surface area contributed by atoms with Crippen molar-refractivity contribution in [1.29, 1.82) is 0 Å². The van der Waals surface area contributed by atoms with Crippen molar-refractivity contribution in [3.05, 3.63) is 76.4 Å². The van der Waals surface area contributed by atoms with E-state index >= 15 is 0 Å². The van der Waals surface area contributed by atoms with E-state index in [9.17, 15) is 13.2 Å². The summed E-state index contributed by atoms with van der Waals surface area (Å²) >= 11 is 1.56. The lowest BCUT2D eigenvalue weighted by Gasteiger charge is -2.07. The van der Waals surface area contributed by atoms with Gasteiger partial charge in [0.05, 0.1) is 17.7 Å². The average molecular weight is 402 g/mol. The molecule has 3 aromatic rings. The average Bonchev–Trinajstić information content (AvgIpc) is 3.30. The van der Waals surface area contributed by atoms with Crippen LogP contribution in [0.4, 0.5) is 5.69 Å². The van der Waals surface area contributed by atoms with Crippen molar-refractivity contribution in [2.24, 2.45) is 0 Å². The topological polar surface area (TPSA) is 88.4 Å². The molecule has 2 heterocycles. The van der Waals surface area contributed by atoms with Crippen LogP contribution in [0.15, 0.2) is 69.5 Å². The Bertz CT molecular complexity index is 1030. The molecule has 2 aromatic heterocycles. The SMILES string of the molecule is Cc1ccsc1/C=C/C(=O)Nc1ccc(S(=O)(=O)NCc2ccco2)cc1. The maximum atomic E-state index is 12.3. The van der Waals surface area contributed by atoms with Crippen LogP contribution in [0.5, 0.6) is 0 Å². The quantitative estimate of drug-likeness (QED) is 0.589. The first-order valence-electron chi connectivity index (χ1n) is 8.09. The number of hydrogen-bond donors (Lipinski definition) is 2. The summed E-state index contributed by atoms with van der Waals surface area (Å²) in [6.45, 7) is 2.05. The highest BCUT2D eigenvalue weighted by Gasteiger charge is 2.14. The maximum Gasteiger partial charge on any atom is 0.248 e. The standard InChI is InChI=1S/C19H18N2O4S2/c1-14-10-12-26-18(14)8-9-19(22)21-15-4-6-17(7-5-15)27(23,24)20-13-16-3-2-11-25-16/h2-12,20H,13H2,1H3,(H,21,22)/b9-8+. The summed E-state index contributed by atoms with van der Waals surface area (Å²) in [5, 5.41) is 4.67. The molecule has 1 amide bonds. The number of thiophene rings is 1. The number of amides is 1. The van der Waals surface area contributed by atoms with Gasteiger partial charge in [0, 0.05) is 16.6 Å². The van der Waals surface area contributed by atoms with Gasteiger partial charge in [0.25, 0.3) is 0 Å². The lowest BCUT2D eigenvalue weighted by molar-refractivity contribution is -0.111. The number of carbonyl (C=O) groups is 1. The van der Waals surface area contributed by atoms with E-state index in [1.807, 2.05) is 18.4 Å². The molecule has 3 rings (SSSR count). The number of anilines is 1. The second-order valence-corrected chi connectivity index (χ2v) is 8.43. The van der Waals surface area contributed by atoms with E-state index in [0.29, 0.717) is 11.4 Å². The van der Waals surface area contributed by atoms with Gasteiger partial charge in [-0.1, -0.05) is 0 Å². The zero-order chi connectivity index (χ0) is 19.3. The summed E-state index contributed by atoms with van der Waals surface area (Å²) in [5.41, 5.74) is 1.62. The van der Waals surface area contributed by atoms with Crippen molar-refractivity contribution >= 4 is 39.0 Å². The van der Waals surface area contributed by atoms with Crippen molar-refractivity contribution in [1.82, 2.24) is 4.72 Å². The molecule has 0 fully saturated rings. The molecule has 0 atom stereocenters. The Kier molecular flexibility index (Phi) is 5.90. The van der Waals surface area contributed by atoms with Crippen LogP contribution in [-0.4, -0.2) is 14.3 Å². The summed E-state index contributed by atoms with van der Waals surface area (Å²) in [4.78, 5) is 13.1. The largest absolute Gasteiger partial charge is 0.468 e. The fourth-order valence-corrected chi connectivity index (χ4v) is 4.08. The molecule has 0 unspecified atom stereocenters. The van der Waals surface area contributed by atoms with E-state index in [2.05, 4.69) is 10.0 Å². The Morgan fingerprint density at radius 3 is 2.59 bits per heavy atom. The van der Waals surface area contributed by atoms with Crippen molar-refractivity contribution in [3.63, 3.8) is 0 Å². The first kappa shape index (κ1) is 19.1. The Morgan fingerprint density at radius 1 is 1.19 bits per heavy atom. The van der Waals surface area contributed by atoms with Gasteiger partial charge in [-0.3, -0.25) is 4.79 Å². The van der Waals surface area contributed by atoms with Crippen LogP contribution < -0.4 is 10.0 Å². The number of rotatable bonds is 7. The predicted molar refractivity (Wildman–Crippen MR) is 106 cm³/mol. The van der Waals surface area contributed by atoms with Crippen molar-refractivity contribution in [3.8, 4) is 0 Å². The Hall–Kier alpha value is -2.68. The van der Waals surface area contributed by atoms with Gasteiger partial charge in [0.1, 0.15) is 5.76 Å². The number of carbonyl (C=O) groups excluding carboxylic acids is 1. The molecule has 2 N–H and O–H groups in total. The molecule has 27 heavy (non-hydrogen) atoms. The number of hydrogen-bond acceptors (Lipinski definition) is 5. The third-order valence-corrected chi connectivity index (χ3v) is 6.14. The van der Waals surface area contributed by atoms with Gasteiger partial charge < -0.3 is 9.73 Å². The third kappa shape index (κ3) is 5.16. The molecule has 1 aromatic carbocycles. The molecule has 6 nitrogen and oxygen atoms in total. The summed E-state index contributed by atoms with van der Waals surface area (Å²) in [6.07, 6.45) is 4.69. The van der Waals surface area contributed by atoms with Gasteiger partial charge in [-0.15, -0.1) is 11.3 Å². The van der Waals surface area contributed by atoms with E-state index in [1.165, 1.54) is 24.5 Å². The molecule has 0 saturated heterocycles. The first-order valence-corrected chi connectivity index (χ1v) is 10.5. The second-order valence-electron chi connectivity index (χ2n) is 5.72.